The van der Waals surface area contributed by atoms with Gasteiger partial charge in [0.15, 0.2) is 0 Å². The lowest BCUT2D eigenvalue weighted by Gasteiger charge is -2.19. The second-order valence-electron chi connectivity index (χ2n) is 5.64. The summed E-state index contributed by atoms with van der Waals surface area (Å²) < 4.78 is 0. The van der Waals surface area contributed by atoms with Gasteiger partial charge in [-0.1, -0.05) is 30.3 Å². The molecule has 0 aliphatic carbocycles. The third-order valence-corrected chi connectivity index (χ3v) is 3.60. The topological polar surface area (TPSA) is 116 Å². The zero-order valence-corrected chi connectivity index (χ0v) is 14.5. The quantitative estimate of drug-likeness (QED) is 0.341. The molecule has 0 aliphatic heterocycles. The number of amides is 2. The number of nitrogens with one attached hydrogen (secondary N) is 3. The van der Waals surface area contributed by atoms with E-state index in [2.05, 4.69) is 20.6 Å². The van der Waals surface area contributed by atoms with Crippen molar-refractivity contribution in [1.82, 2.24) is 20.8 Å². The van der Waals surface area contributed by atoms with Crippen molar-refractivity contribution in [3.8, 4) is 0 Å². The van der Waals surface area contributed by atoms with E-state index >= 15 is 0 Å². The number of hydrogen-bond donors (Lipinski definition) is 4. The van der Waals surface area contributed by atoms with Crippen LogP contribution in [0.2, 0.25) is 0 Å². The molecule has 2 amide bonds. The normalized spacial score (nSPS) is 13.0. The van der Waals surface area contributed by atoms with Crippen molar-refractivity contribution in [2.45, 2.75) is 25.9 Å². The maximum absolute atomic E-state index is 12.3. The molecule has 1 aromatic heterocycles. The number of hydrogen-bond acceptors (Lipinski definition) is 6. The molecule has 0 saturated carbocycles. The van der Waals surface area contributed by atoms with Gasteiger partial charge in [0.25, 0.3) is 5.91 Å². The predicted molar refractivity (Wildman–Crippen MR) is 97.1 cm³/mol. The Morgan fingerprint density at radius 2 is 1.85 bits per heavy atom. The molecule has 0 bridgehead atoms. The molecule has 2 atom stereocenters. The average Bonchev–Trinajstić information content (AvgIpc) is 2.67. The SMILES string of the molecule is C[C@H](NC(=O)[C@@H](C)Nc1cnc(/C=C/C(=O)NO)cn1)c1ccccc1. The summed E-state index contributed by atoms with van der Waals surface area (Å²) in [7, 11) is 0. The van der Waals surface area contributed by atoms with Crippen LogP contribution in [0.25, 0.3) is 6.08 Å². The Balaban J connectivity index is 1.90. The van der Waals surface area contributed by atoms with E-state index in [0.717, 1.165) is 11.6 Å². The lowest BCUT2D eigenvalue weighted by Crippen LogP contribution is -2.39. The number of hydroxylamine groups is 1. The summed E-state index contributed by atoms with van der Waals surface area (Å²) in [5.74, 6) is -0.387. The first-order valence-corrected chi connectivity index (χ1v) is 8.05. The highest BCUT2D eigenvalue weighted by Crippen LogP contribution is 2.12. The number of aromatic nitrogens is 2. The van der Waals surface area contributed by atoms with Crippen molar-refractivity contribution in [2.24, 2.45) is 0 Å². The number of anilines is 1. The number of carbonyl (C=O) groups excluding carboxylic acids is 2. The van der Waals surface area contributed by atoms with Gasteiger partial charge in [-0.2, -0.15) is 0 Å². The summed E-state index contributed by atoms with van der Waals surface area (Å²) in [6.07, 6.45) is 5.43. The van der Waals surface area contributed by atoms with Gasteiger partial charge in [0.05, 0.1) is 24.1 Å². The maximum atomic E-state index is 12.3. The van der Waals surface area contributed by atoms with Crippen LogP contribution in [0, 0.1) is 0 Å². The molecule has 136 valence electrons. The van der Waals surface area contributed by atoms with Crippen LogP contribution >= 0.6 is 0 Å². The molecule has 0 spiro atoms. The molecule has 0 unspecified atom stereocenters. The van der Waals surface area contributed by atoms with Crippen LogP contribution < -0.4 is 16.1 Å². The van der Waals surface area contributed by atoms with Gasteiger partial charge in [-0.15, -0.1) is 0 Å². The number of benzene rings is 1. The molecule has 2 aromatic rings. The van der Waals surface area contributed by atoms with Gasteiger partial charge in [0.1, 0.15) is 11.9 Å². The van der Waals surface area contributed by atoms with Crippen molar-refractivity contribution in [3.05, 3.63) is 60.1 Å². The predicted octanol–water partition coefficient (Wildman–Crippen LogP) is 1.67. The maximum Gasteiger partial charge on any atom is 0.267 e. The van der Waals surface area contributed by atoms with E-state index in [9.17, 15) is 9.59 Å². The highest BCUT2D eigenvalue weighted by atomic mass is 16.5. The Hall–Kier alpha value is -3.26. The summed E-state index contributed by atoms with van der Waals surface area (Å²) in [5.41, 5.74) is 2.94. The molecular weight excluding hydrogens is 334 g/mol. The van der Waals surface area contributed by atoms with E-state index in [4.69, 9.17) is 5.21 Å². The second-order valence-corrected chi connectivity index (χ2v) is 5.64. The highest BCUT2D eigenvalue weighted by Gasteiger charge is 2.16. The fourth-order valence-electron chi connectivity index (χ4n) is 2.15. The van der Waals surface area contributed by atoms with Crippen LogP contribution in [0.4, 0.5) is 5.82 Å². The summed E-state index contributed by atoms with van der Waals surface area (Å²) in [4.78, 5) is 31.5. The van der Waals surface area contributed by atoms with Gasteiger partial charge in [-0.25, -0.2) is 10.5 Å². The Morgan fingerprint density at radius 1 is 1.12 bits per heavy atom. The van der Waals surface area contributed by atoms with Gasteiger partial charge < -0.3 is 10.6 Å². The first kappa shape index (κ1) is 19.1. The minimum atomic E-state index is -0.660. The molecule has 0 radical (unpaired) electrons. The summed E-state index contributed by atoms with van der Waals surface area (Å²) in [5, 5.41) is 14.3. The van der Waals surface area contributed by atoms with Crippen molar-refractivity contribution < 1.29 is 14.8 Å². The minimum Gasteiger partial charge on any atom is -0.357 e. The van der Waals surface area contributed by atoms with E-state index in [1.165, 1.54) is 23.9 Å². The average molecular weight is 355 g/mol. The number of nitrogens with zero attached hydrogens (tertiary/aromatic N) is 2. The molecule has 4 N–H and O–H groups in total. The molecule has 1 aromatic carbocycles. The van der Waals surface area contributed by atoms with Crippen molar-refractivity contribution in [3.63, 3.8) is 0 Å². The molecule has 1 heterocycles. The lowest BCUT2D eigenvalue weighted by molar-refractivity contribution is -0.124. The molecule has 0 aliphatic rings. The van der Waals surface area contributed by atoms with Crippen LogP contribution in [0.5, 0.6) is 0 Å². The molecular formula is C18H21N5O3. The first-order chi connectivity index (χ1) is 12.5. The summed E-state index contributed by atoms with van der Waals surface area (Å²) >= 11 is 0. The lowest BCUT2D eigenvalue weighted by atomic mass is 10.1. The largest absolute Gasteiger partial charge is 0.357 e. The fourth-order valence-corrected chi connectivity index (χ4v) is 2.15. The third-order valence-electron chi connectivity index (χ3n) is 3.60. The van der Waals surface area contributed by atoms with Crippen molar-refractivity contribution >= 4 is 23.7 Å². The van der Waals surface area contributed by atoms with E-state index < -0.39 is 11.9 Å². The number of rotatable bonds is 7. The zero-order valence-electron chi connectivity index (χ0n) is 14.5. The van der Waals surface area contributed by atoms with Crippen LogP contribution in [-0.4, -0.2) is 33.0 Å². The van der Waals surface area contributed by atoms with Gasteiger partial charge >= 0.3 is 0 Å². The molecule has 8 heteroatoms. The molecule has 0 fully saturated rings. The molecule has 2 rings (SSSR count). The third kappa shape index (κ3) is 5.67. The second kappa shape index (κ2) is 9.28. The Labute approximate surface area is 151 Å². The minimum absolute atomic E-state index is 0.107. The standard InChI is InChI=1S/C18H21N5O3/c1-12(14-6-4-3-5-7-14)22-18(25)13(2)21-16-11-19-15(10-20-16)8-9-17(24)23-26/h3-13,26H,1-2H3,(H,20,21)(H,22,25)(H,23,24)/b9-8+/t12-,13+/m0/s1. The Kier molecular flexibility index (Phi) is 6.81. The van der Waals surface area contributed by atoms with E-state index in [1.54, 1.807) is 6.92 Å². The van der Waals surface area contributed by atoms with Crippen molar-refractivity contribution in [2.75, 3.05) is 5.32 Å². The van der Waals surface area contributed by atoms with Gasteiger partial charge in [-0.05, 0) is 25.5 Å². The molecule has 26 heavy (non-hydrogen) atoms. The Bertz CT molecular complexity index is 762. The summed E-state index contributed by atoms with van der Waals surface area (Å²) in [6.45, 7) is 3.65. The highest BCUT2D eigenvalue weighted by molar-refractivity contribution is 5.90. The fraction of sp³-hybridized carbons (Fsp3) is 0.222. The van der Waals surface area contributed by atoms with E-state index in [1.807, 2.05) is 37.3 Å². The Morgan fingerprint density at radius 3 is 2.46 bits per heavy atom. The van der Waals surface area contributed by atoms with E-state index in [0.29, 0.717) is 11.5 Å². The van der Waals surface area contributed by atoms with Crippen LogP contribution in [0.3, 0.4) is 0 Å². The monoisotopic (exact) mass is 355 g/mol. The van der Waals surface area contributed by atoms with Crippen LogP contribution in [0.1, 0.15) is 31.1 Å². The van der Waals surface area contributed by atoms with Crippen LogP contribution in [0.15, 0.2) is 48.8 Å². The molecule has 0 saturated heterocycles. The van der Waals surface area contributed by atoms with Crippen LogP contribution in [-0.2, 0) is 9.59 Å². The van der Waals surface area contributed by atoms with Gasteiger partial charge in [0, 0.05) is 6.08 Å². The summed E-state index contributed by atoms with van der Waals surface area (Å²) in [6, 6.07) is 9.08. The number of carbonyl (C=O) groups is 2. The van der Waals surface area contributed by atoms with Gasteiger partial charge in [0.2, 0.25) is 5.91 Å². The van der Waals surface area contributed by atoms with Gasteiger partial charge in [-0.3, -0.25) is 19.8 Å². The van der Waals surface area contributed by atoms with Crippen molar-refractivity contribution in [1.29, 1.82) is 0 Å². The first-order valence-electron chi connectivity index (χ1n) is 8.05. The van der Waals surface area contributed by atoms with E-state index in [-0.39, 0.29) is 11.9 Å². The zero-order chi connectivity index (χ0) is 18.9. The smallest absolute Gasteiger partial charge is 0.267 e. The molecule has 8 nitrogen and oxygen atoms in total.